The molecule has 0 bridgehead atoms. The lowest BCUT2D eigenvalue weighted by Crippen LogP contribution is -2.23. The van der Waals surface area contributed by atoms with Gasteiger partial charge in [-0.1, -0.05) is 108 Å². The number of sulfonamides is 1. The number of unbranched alkanes of at least 4 members (excludes halogenated alkanes) is 13. The number of hydrogen-bond donors (Lipinski definition) is 1. The van der Waals surface area contributed by atoms with Crippen LogP contribution in [0.15, 0.2) is 57.4 Å². The molecule has 3 rings (SSSR count). The number of benzene rings is 2. The number of alkyl halides is 2. The topological polar surface area (TPSA) is 124 Å². The monoisotopic (exact) mass is 721 g/mol. The van der Waals surface area contributed by atoms with E-state index in [2.05, 4.69) is 16.9 Å². The number of aromatic nitrogens is 1. The quantitative estimate of drug-likeness (QED) is 0.0844. The average Bonchev–Trinajstić information content (AvgIpc) is 3.34. The summed E-state index contributed by atoms with van der Waals surface area (Å²) in [6.45, 7) is 2.24. The molecule has 0 aliphatic heterocycles. The van der Waals surface area contributed by atoms with E-state index in [1.165, 1.54) is 113 Å². The largest absolute Gasteiger partial charge is 0.400 e. The molecule has 0 fully saturated rings. The molecule has 0 unspecified atom stereocenters. The van der Waals surface area contributed by atoms with E-state index in [-0.39, 0.29) is 15.4 Å². The van der Waals surface area contributed by atoms with E-state index >= 15 is 0 Å². The summed E-state index contributed by atoms with van der Waals surface area (Å²) in [5.74, 6) is -3.07. The van der Waals surface area contributed by atoms with E-state index in [9.17, 15) is 29.8 Å². The summed E-state index contributed by atoms with van der Waals surface area (Å²) in [6, 6.07) is 9.13. The van der Waals surface area contributed by atoms with Gasteiger partial charge in [0.05, 0.1) is 25.8 Å². The summed E-state index contributed by atoms with van der Waals surface area (Å²) < 4.78 is 95.4. The molecule has 0 saturated carbocycles. The molecule has 0 aliphatic rings. The second-order valence-corrected chi connectivity index (χ2v) is 17.0. The standard InChI is InChI=1S/C31H45F2N3O6S4/c1-3-4-5-6-7-8-9-10-11-12-13-14-15-16-22-44(37)42-25-18-17-19-27(23-25)46(40,41)35-34-31-36(2)28-24-26(20-21-29(28)43-31)45(38,39)30(32)33/h17-21,23-24,30,35H,3-16,22H2,1-2H3/b34-31-/t44-/m0/s1. The number of thiazole rings is 1. The van der Waals surface area contributed by atoms with Crippen molar-refractivity contribution in [3.05, 3.63) is 47.3 Å². The molecule has 3 aromatic rings. The second-order valence-electron chi connectivity index (χ2n) is 11.2. The van der Waals surface area contributed by atoms with E-state index in [1.54, 1.807) is 0 Å². The summed E-state index contributed by atoms with van der Waals surface area (Å²) in [5, 5.41) is 3.96. The predicted molar refractivity (Wildman–Crippen MR) is 180 cm³/mol. The molecule has 46 heavy (non-hydrogen) atoms. The summed E-state index contributed by atoms with van der Waals surface area (Å²) in [6.07, 6.45) is 17.2. The molecule has 1 N–H and O–H groups in total. The molecule has 0 spiro atoms. The first-order chi connectivity index (χ1) is 22.0. The number of fused-ring (bicyclic) bond motifs is 1. The van der Waals surface area contributed by atoms with Crippen LogP contribution >= 0.6 is 11.3 Å². The molecule has 1 heterocycles. The van der Waals surface area contributed by atoms with Crippen molar-refractivity contribution < 1.29 is 34.0 Å². The van der Waals surface area contributed by atoms with Crippen LogP contribution in [0.4, 0.5) is 8.78 Å². The van der Waals surface area contributed by atoms with Gasteiger partial charge in [0.25, 0.3) is 10.0 Å². The summed E-state index contributed by atoms with van der Waals surface area (Å²) in [4.78, 5) is 1.59. The van der Waals surface area contributed by atoms with Gasteiger partial charge in [-0.15, -0.1) is 5.10 Å². The van der Waals surface area contributed by atoms with Gasteiger partial charge >= 0.3 is 5.76 Å². The van der Waals surface area contributed by atoms with Crippen LogP contribution in [0.1, 0.15) is 96.8 Å². The van der Waals surface area contributed by atoms with Crippen molar-refractivity contribution in [3.63, 3.8) is 0 Å². The van der Waals surface area contributed by atoms with Gasteiger partial charge in [0, 0.05) is 13.1 Å². The summed E-state index contributed by atoms with van der Waals surface area (Å²) in [5.41, 5.74) is 0.293. The Morgan fingerprint density at radius 3 is 2.02 bits per heavy atom. The fourth-order valence-electron chi connectivity index (χ4n) is 4.90. The molecular formula is C31H45F2N3O6S4. The number of halogens is 2. The lowest BCUT2D eigenvalue weighted by atomic mass is 10.0. The minimum atomic E-state index is -4.79. The van der Waals surface area contributed by atoms with Crippen molar-refractivity contribution in [1.29, 1.82) is 0 Å². The number of nitrogens with one attached hydrogen (secondary N) is 1. The van der Waals surface area contributed by atoms with Gasteiger partial charge in [-0.25, -0.2) is 12.6 Å². The van der Waals surface area contributed by atoms with Crippen molar-refractivity contribution in [2.24, 2.45) is 12.1 Å². The number of sulfone groups is 1. The fourth-order valence-corrected chi connectivity index (χ4v) is 8.34. The maximum atomic E-state index is 13.0. The summed E-state index contributed by atoms with van der Waals surface area (Å²) in [7, 11) is -7.44. The Balaban J connectivity index is 1.44. The fraction of sp³-hybridized carbons (Fsp3) is 0.581. The zero-order valence-corrected chi connectivity index (χ0v) is 29.7. The van der Waals surface area contributed by atoms with Crippen molar-refractivity contribution in [2.75, 3.05) is 5.75 Å². The van der Waals surface area contributed by atoms with Gasteiger partial charge in [-0.2, -0.15) is 22.0 Å². The third-order valence-electron chi connectivity index (χ3n) is 7.57. The highest BCUT2D eigenvalue weighted by Gasteiger charge is 2.27. The highest BCUT2D eigenvalue weighted by molar-refractivity contribution is 7.91. The van der Waals surface area contributed by atoms with Crippen LogP contribution in [0.2, 0.25) is 0 Å². The smallest absolute Gasteiger partial charge is 0.341 e. The SMILES string of the molecule is CCCCCCCCCCCCCCCC[S@@](=O)Oc1cccc(S(=O)(=O)N/N=c2\sc3ccc(S(=O)(=O)C(F)F)cc3n2C)c1. The van der Waals surface area contributed by atoms with Gasteiger partial charge in [0.2, 0.25) is 25.7 Å². The summed E-state index contributed by atoms with van der Waals surface area (Å²) >= 11 is -0.568. The Hall–Kier alpha value is -2.36. The first kappa shape index (κ1) is 38.1. The van der Waals surface area contributed by atoms with Crippen LogP contribution in [-0.4, -0.2) is 37.1 Å². The first-order valence-corrected chi connectivity index (χ1v) is 20.9. The van der Waals surface area contributed by atoms with Crippen LogP contribution < -0.4 is 13.8 Å². The lowest BCUT2D eigenvalue weighted by Gasteiger charge is -2.08. The zero-order valence-electron chi connectivity index (χ0n) is 26.5. The van der Waals surface area contributed by atoms with Crippen molar-refractivity contribution in [2.45, 2.75) is 112 Å². The zero-order chi connectivity index (χ0) is 33.6. The van der Waals surface area contributed by atoms with Crippen LogP contribution in [0.25, 0.3) is 10.2 Å². The van der Waals surface area contributed by atoms with Crippen LogP contribution in [-0.2, 0) is 38.0 Å². The molecule has 1 atom stereocenters. The number of hydrogen-bond acceptors (Lipinski definition) is 8. The Labute approximate surface area is 278 Å². The lowest BCUT2D eigenvalue weighted by molar-refractivity contribution is 0.235. The third kappa shape index (κ3) is 11.7. The highest BCUT2D eigenvalue weighted by Crippen LogP contribution is 2.25. The normalized spacial score (nSPS) is 13.5. The van der Waals surface area contributed by atoms with Crippen LogP contribution in [0.3, 0.4) is 0 Å². The van der Waals surface area contributed by atoms with E-state index in [4.69, 9.17) is 4.18 Å². The van der Waals surface area contributed by atoms with E-state index in [1.807, 2.05) is 0 Å². The van der Waals surface area contributed by atoms with Crippen LogP contribution in [0.5, 0.6) is 5.75 Å². The Morgan fingerprint density at radius 2 is 1.43 bits per heavy atom. The number of aryl methyl sites for hydroxylation is 1. The van der Waals surface area contributed by atoms with E-state index in [0.29, 0.717) is 16.0 Å². The Bertz CT molecular complexity index is 1710. The van der Waals surface area contributed by atoms with Gasteiger partial charge in [-0.05, 0) is 36.8 Å². The molecule has 2 aromatic carbocycles. The van der Waals surface area contributed by atoms with E-state index in [0.717, 1.165) is 42.7 Å². The molecule has 0 saturated heterocycles. The number of nitrogens with zero attached hydrogens (tertiary/aromatic N) is 2. The molecule has 0 amide bonds. The van der Waals surface area contributed by atoms with Crippen LogP contribution in [0, 0.1) is 0 Å². The molecule has 0 radical (unpaired) electrons. The average molecular weight is 722 g/mol. The van der Waals surface area contributed by atoms with Gasteiger partial charge in [-0.3, -0.25) is 0 Å². The van der Waals surface area contributed by atoms with Gasteiger partial charge < -0.3 is 8.75 Å². The molecule has 0 aliphatic carbocycles. The molecular weight excluding hydrogens is 677 g/mol. The Morgan fingerprint density at radius 1 is 0.848 bits per heavy atom. The number of rotatable bonds is 22. The Kier molecular flexibility index (Phi) is 15.6. The van der Waals surface area contributed by atoms with Gasteiger partial charge in [0.15, 0.2) is 0 Å². The highest BCUT2D eigenvalue weighted by atomic mass is 32.2. The molecule has 1 aromatic heterocycles. The minimum absolute atomic E-state index is 0.145. The minimum Gasteiger partial charge on any atom is -0.400 e. The van der Waals surface area contributed by atoms with E-state index < -0.39 is 41.6 Å². The maximum absolute atomic E-state index is 13.0. The first-order valence-electron chi connectivity index (χ1n) is 15.8. The second kappa shape index (κ2) is 18.8. The third-order valence-corrected chi connectivity index (χ3v) is 12.3. The van der Waals surface area contributed by atoms with Crippen molar-refractivity contribution >= 4 is 52.5 Å². The molecule has 258 valence electrons. The molecule has 15 heteroatoms. The maximum Gasteiger partial charge on any atom is 0.341 e. The van der Waals surface area contributed by atoms with Crippen molar-refractivity contribution in [3.8, 4) is 5.75 Å². The van der Waals surface area contributed by atoms with Gasteiger partial charge in [0.1, 0.15) is 5.75 Å². The van der Waals surface area contributed by atoms with Crippen molar-refractivity contribution in [1.82, 2.24) is 9.40 Å². The predicted octanol–water partition coefficient (Wildman–Crippen LogP) is 7.55. The molecule has 9 nitrogen and oxygen atoms in total.